The van der Waals surface area contributed by atoms with Crippen molar-refractivity contribution in [3.63, 3.8) is 0 Å². The van der Waals surface area contributed by atoms with E-state index in [1.54, 1.807) is 0 Å². The van der Waals surface area contributed by atoms with Crippen LogP contribution in [0.25, 0.3) is 0 Å². The molecule has 2 fully saturated rings. The van der Waals surface area contributed by atoms with Crippen LogP contribution in [0.4, 0.5) is 5.82 Å². The van der Waals surface area contributed by atoms with Gasteiger partial charge in [0.2, 0.25) is 5.91 Å². The summed E-state index contributed by atoms with van der Waals surface area (Å²) in [6.45, 7) is 19.1. The van der Waals surface area contributed by atoms with E-state index >= 15 is 0 Å². The van der Waals surface area contributed by atoms with Crippen molar-refractivity contribution < 1.29 is 4.79 Å². The molecule has 0 bridgehead atoms. The fourth-order valence-electron chi connectivity index (χ4n) is 4.16. The van der Waals surface area contributed by atoms with E-state index in [0.717, 1.165) is 75.1 Å². The van der Waals surface area contributed by atoms with Crippen LogP contribution in [-0.4, -0.2) is 47.0 Å². The molecule has 162 valence electrons. The Balaban J connectivity index is 1.71. The zero-order valence-electron chi connectivity index (χ0n) is 19.6. The van der Waals surface area contributed by atoms with Crippen molar-refractivity contribution in [2.75, 3.05) is 31.1 Å². The Labute approximate surface area is 177 Å². The minimum Gasteiger partial charge on any atom is -0.356 e. The highest BCUT2D eigenvalue weighted by Crippen LogP contribution is 2.31. The Kier molecular flexibility index (Phi) is 6.26. The predicted molar refractivity (Wildman–Crippen MR) is 119 cm³/mol. The van der Waals surface area contributed by atoms with Crippen LogP contribution in [0.3, 0.4) is 0 Å². The van der Waals surface area contributed by atoms with E-state index in [0.29, 0.717) is 5.91 Å². The Morgan fingerprint density at radius 2 is 1.48 bits per heavy atom. The smallest absolute Gasteiger partial charge is 0.225 e. The topological polar surface area (TPSA) is 49.3 Å². The van der Waals surface area contributed by atoms with Crippen molar-refractivity contribution in [2.24, 2.45) is 11.8 Å². The van der Waals surface area contributed by atoms with Crippen LogP contribution in [0.1, 0.15) is 85.7 Å². The van der Waals surface area contributed by atoms with Gasteiger partial charge in [-0.15, -0.1) is 0 Å². The zero-order chi connectivity index (χ0) is 21.4. The number of anilines is 1. The van der Waals surface area contributed by atoms with Gasteiger partial charge in [0.1, 0.15) is 11.6 Å². The molecule has 0 saturated carbocycles. The van der Waals surface area contributed by atoms with Crippen molar-refractivity contribution in [3.8, 4) is 0 Å². The van der Waals surface area contributed by atoms with Gasteiger partial charge in [0.15, 0.2) is 0 Å². The first-order valence-corrected chi connectivity index (χ1v) is 11.4. The molecule has 3 rings (SSSR count). The van der Waals surface area contributed by atoms with Gasteiger partial charge in [-0.1, -0.05) is 48.5 Å². The molecule has 0 N–H and O–H groups in total. The Morgan fingerprint density at radius 1 is 0.897 bits per heavy atom. The summed E-state index contributed by atoms with van der Waals surface area (Å²) >= 11 is 0. The van der Waals surface area contributed by atoms with Crippen LogP contribution in [0.2, 0.25) is 0 Å². The summed E-state index contributed by atoms with van der Waals surface area (Å²) in [4.78, 5) is 27.2. The van der Waals surface area contributed by atoms with Crippen LogP contribution < -0.4 is 4.90 Å². The molecule has 2 aliphatic rings. The second-order valence-corrected chi connectivity index (χ2v) is 11.2. The van der Waals surface area contributed by atoms with Gasteiger partial charge in [-0.2, -0.15) is 0 Å². The fourth-order valence-corrected chi connectivity index (χ4v) is 4.16. The van der Waals surface area contributed by atoms with E-state index in [4.69, 9.17) is 9.97 Å². The number of amides is 1. The number of rotatable bonds is 2. The first-order chi connectivity index (χ1) is 13.4. The van der Waals surface area contributed by atoms with Gasteiger partial charge in [-0.05, 0) is 31.6 Å². The van der Waals surface area contributed by atoms with Crippen LogP contribution >= 0.6 is 0 Å². The van der Waals surface area contributed by atoms with Gasteiger partial charge >= 0.3 is 0 Å². The summed E-state index contributed by atoms with van der Waals surface area (Å²) in [5.41, 5.74) is 0.987. The molecule has 0 spiro atoms. The maximum atomic E-state index is 13.0. The van der Waals surface area contributed by atoms with E-state index in [1.165, 1.54) is 0 Å². The number of carbonyl (C=O) groups excluding carboxylic acids is 1. The summed E-state index contributed by atoms with van der Waals surface area (Å²) in [6, 6.07) is 2.16. The van der Waals surface area contributed by atoms with Crippen LogP contribution in [0, 0.1) is 11.8 Å². The minimum absolute atomic E-state index is 0.0165. The average molecular weight is 401 g/mol. The van der Waals surface area contributed by atoms with Gasteiger partial charge in [0.25, 0.3) is 0 Å². The van der Waals surface area contributed by atoms with Gasteiger partial charge in [-0.3, -0.25) is 4.79 Å². The molecule has 0 radical (unpaired) electrons. The molecule has 1 amide bonds. The lowest BCUT2D eigenvalue weighted by molar-refractivity contribution is -0.137. The third-order valence-corrected chi connectivity index (χ3v) is 6.42. The molecule has 2 saturated heterocycles. The molecule has 1 aromatic rings. The quantitative estimate of drug-likeness (QED) is 0.731. The Hall–Kier alpha value is -1.65. The predicted octanol–water partition coefficient (Wildman–Crippen LogP) is 4.55. The van der Waals surface area contributed by atoms with E-state index < -0.39 is 0 Å². The third kappa shape index (κ3) is 5.29. The number of likely N-dealkylation sites (tertiary alicyclic amines) is 1. The van der Waals surface area contributed by atoms with E-state index in [9.17, 15) is 4.79 Å². The fraction of sp³-hybridized carbons (Fsp3) is 0.792. The second-order valence-electron chi connectivity index (χ2n) is 11.2. The summed E-state index contributed by atoms with van der Waals surface area (Å²) in [6.07, 6.45) is 4.14. The highest BCUT2D eigenvalue weighted by Gasteiger charge is 2.32. The van der Waals surface area contributed by atoms with Crippen LogP contribution in [-0.2, 0) is 15.6 Å². The number of piperidine rings is 2. The largest absolute Gasteiger partial charge is 0.356 e. The van der Waals surface area contributed by atoms with Gasteiger partial charge < -0.3 is 9.80 Å². The number of aromatic nitrogens is 2. The molecule has 5 heteroatoms. The summed E-state index contributed by atoms with van der Waals surface area (Å²) in [7, 11) is 0. The van der Waals surface area contributed by atoms with Crippen LogP contribution in [0.5, 0.6) is 0 Å². The van der Waals surface area contributed by atoms with E-state index in [-0.39, 0.29) is 16.7 Å². The molecule has 0 aromatic carbocycles. The molecule has 29 heavy (non-hydrogen) atoms. The lowest BCUT2D eigenvalue weighted by Gasteiger charge is -2.37. The molecule has 0 aliphatic carbocycles. The number of hydrogen-bond donors (Lipinski definition) is 0. The molecule has 2 aliphatic heterocycles. The Bertz CT molecular complexity index is 683. The average Bonchev–Trinajstić information content (AvgIpc) is 2.66. The third-order valence-electron chi connectivity index (χ3n) is 6.42. The summed E-state index contributed by atoms with van der Waals surface area (Å²) < 4.78 is 0. The Morgan fingerprint density at radius 3 is 2.00 bits per heavy atom. The molecular formula is C24H40N4O. The van der Waals surface area contributed by atoms with Crippen LogP contribution in [0.15, 0.2) is 6.07 Å². The molecule has 0 atom stereocenters. The van der Waals surface area contributed by atoms with Crippen molar-refractivity contribution in [2.45, 2.75) is 85.0 Å². The van der Waals surface area contributed by atoms with Crippen molar-refractivity contribution in [1.82, 2.24) is 14.9 Å². The van der Waals surface area contributed by atoms with Crippen molar-refractivity contribution >= 4 is 11.7 Å². The molecule has 0 unspecified atom stereocenters. The molecule has 3 heterocycles. The maximum absolute atomic E-state index is 13.0. The second kappa shape index (κ2) is 8.23. The maximum Gasteiger partial charge on any atom is 0.225 e. The SMILES string of the molecule is CC1CCN(C(=O)C2CCN(c3cc(C(C)(C)C)nc(C(C)(C)C)n3)CC2)CC1. The normalized spacial score (nSPS) is 20.2. The summed E-state index contributed by atoms with van der Waals surface area (Å²) in [5.74, 6) is 3.23. The number of hydrogen-bond acceptors (Lipinski definition) is 4. The van der Waals surface area contributed by atoms with Gasteiger partial charge in [0.05, 0.1) is 5.69 Å². The minimum atomic E-state index is -0.0876. The lowest BCUT2D eigenvalue weighted by Crippen LogP contribution is -2.45. The summed E-state index contributed by atoms with van der Waals surface area (Å²) in [5, 5.41) is 0. The van der Waals surface area contributed by atoms with Crippen molar-refractivity contribution in [3.05, 3.63) is 17.6 Å². The monoisotopic (exact) mass is 400 g/mol. The van der Waals surface area contributed by atoms with E-state index in [1.807, 2.05) is 0 Å². The van der Waals surface area contributed by atoms with E-state index in [2.05, 4.69) is 64.3 Å². The van der Waals surface area contributed by atoms with Gasteiger partial charge in [0, 0.05) is 49.0 Å². The molecule has 5 nitrogen and oxygen atoms in total. The number of nitrogens with zero attached hydrogens (tertiary/aromatic N) is 4. The standard InChI is InChI=1S/C24H40N4O/c1-17-8-12-28(13-9-17)21(29)18-10-14-27(15-11-18)20-16-19(23(2,3)4)25-22(26-20)24(5,6)7/h16-18H,8-15H2,1-7H3. The molecule has 1 aromatic heterocycles. The first-order valence-electron chi connectivity index (χ1n) is 11.4. The zero-order valence-corrected chi connectivity index (χ0v) is 19.6. The first kappa shape index (κ1) is 22.0. The number of carbonyl (C=O) groups is 1. The molecular weight excluding hydrogens is 360 g/mol. The van der Waals surface area contributed by atoms with Gasteiger partial charge in [-0.25, -0.2) is 9.97 Å². The highest BCUT2D eigenvalue weighted by atomic mass is 16.2. The van der Waals surface area contributed by atoms with Crippen molar-refractivity contribution in [1.29, 1.82) is 0 Å². The lowest BCUT2D eigenvalue weighted by atomic mass is 9.89. The highest BCUT2D eigenvalue weighted by molar-refractivity contribution is 5.79.